The zero-order valence-electron chi connectivity index (χ0n) is 13.8. The Morgan fingerprint density at radius 2 is 2.22 bits per heavy atom. The minimum atomic E-state index is -0.156. The lowest BCUT2D eigenvalue weighted by molar-refractivity contribution is 0.196. The van der Waals surface area contributed by atoms with Crippen molar-refractivity contribution in [2.24, 2.45) is 7.05 Å². The predicted octanol–water partition coefficient (Wildman–Crippen LogP) is 0.925. The fourth-order valence-corrected chi connectivity index (χ4v) is 2.11. The van der Waals surface area contributed by atoms with Crippen molar-refractivity contribution in [2.45, 2.75) is 39.7 Å². The van der Waals surface area contributed by atoms with Gasteiger partial charge in [0.1, 0.15) is 12.2 Å². The number of carbonyl (C=O) groups is 1. The first kappa shape index (κ1) is 16.9. The summed E-state index contributed by atoms with van der Waals surface area (Å²) in [7, 11) is 1.83. The molecule has 2 amide bonds. The third-order valence-corrected chi connectivity index (χ3v) is 3.41. The molecule has 2 aromatic heterocycles. The number of carbonyl (C=O) groups excluding carboxylic acids is 1. The highest BCUT2D eigenvalue weighted by Gasteiger charge is 2.15. The molecule has 1 N–H and O–H groups in total. The topological polar surface area (TPSA) is 102 Å². The molecule has 23 heavy (non-hydrogen) atoms. The van der Waals surface area contributed by atoms with Gasteiger partial charge >= 0.3 is 6.03 Å². The van der Waals surface area contributed by atoms with Gasteiger partial charge in [0, 0.05) is 33.0 Å². The summed E-state index contributed by atoms with van der Waals surface area (Å²) in [6.45, 7) is 5.35. The SMILES string of the molecule is CCCc1nc(CN(CC)C(=O)NCCc2ncnn2C)no1. The number of nitrogens with one attached hydrogen (secondary N) is 1. The van der Waals surface area contributed by atoms with Crippen LogP contribution in [0.3, 0.4) is 0 Å². The standard InChI is InChI=1S/C14H23N7O2/c1-4-6-13-18-11(19-23-13)9-21(5-2)14(22)15-8-7-12-16-10-17-20(12)3/h10H,4-9H2,1-3H3,(H,15,22). The van der Waals surface area contributed by atoms with E-state index in [0.29, 0.717) is 37.8 Å². The molecule has 9 nitrogen and oxygen atoms in total. The Kier molecular flexibility index (Phi) is 6.07. The molecule has 0 aliphatic rings. The lowest BCUT2D eigenvalue weighted by Crippen LogP contribution is -2.40. The summed E-state index contributed by atoms with van der Waals surface area (Å²) in [6, 6.07) is -0.156. The van der Waals surface area contributed by atoms with E-state index in [2.05, 4.69) is 25.5 Å². The van der Waals surface area contributed by atoms with Gasteiger partial charge in [0.05, 0.1) is 6.54 Å². The maximum absolute atomic E-state index is 12.2. The zero-order chi connectivity index (χ0) is 16.7. The first-order chi connectivity index (χ1) is 11.1. The molecule has 0 saturated carbocycles. The van der Waals surface area contributed by atoms with Gasteiger partial charge in [-0.05, 0) is 13.3 Å². The monoisotopic (exact) mass is 321 g/mol. The van der Waals surface area contributed by atoms with Gasteiger partial charge in [-0.15, -0.1) is 0 Å². The van der Waals surface area contributed by atoms with Crippen LogP contribution in [0.2, 0.25) is 0 Å². The number of urea groups is 1. The maximum atomic E-state index is 12.2. The first-order valence-corrected chi connectivity index (χ1v) is 7.81. The Labute approximate surface area is 135 Å². The maximum Gasteiger partial charge on any atom is 0.317 e. The number of hydrogen-bond donors (Lipinski definition) is 1. The Hall–Kier alpha value is -2.45. The van der Waals surface area contributed by atoms with Crippen LogP contribution in [0.25, 0.3) is 0 Å². The second-order valence-corrected chi connectivity index (χ2v) is 5.15. The van der Waals surface area contributed by atoms with Crippen molar-refractivity contribution in [3.63, 3.8) is 0 Å². The number of nitrogens with zero attached hydrogens (tertiary/aromatic N) is 6. The summed E-state index contributed by atoms with van der Waals surface area (Å²) in [6.07, 6.45) is 3.83. The number of hydrogen-bond acceptors (Lipinski definition) is 6. The molecule has 0 aromatic carbocycles. The molecule has 2 rings (SSSR count). The highest BCUT2D eigenvalue weighted by atomic mass is 16.5. The van der Waals surface area contributed by atoms with E-state index in [1.54, 1.807) is 9.58 Å². The summed E-state index contributed by atoms with van der Waals surface area (Å²) in [4.78, 5) is 22.2. The molecule has 0 unspecified atom stereocenters. The molecule has 0 fully saturated rings. The molecule has 126 valence electrons. The second kappa shape index (κ2) is 8.25. The van der Waals surface area contributed by atoms with Gasteiger partial charge < -0.3 is 14.7 Å². The van der Waals surface area contributed by atoms with Gasteiger partial charge in [-0.25, -0.2) is 9.78 Å². The summed E-state index contributed by atoms with van der Waals surface area (Å²) in [5.41, 5.74) is 0. The van der Waals surface area contributed by atoms with Crippen LogP contribution in [0.15, 0.2) is 10.9 Å². The second-order valence-electron chi connectivity index (χ2n) is 5.15. The zero-order valence-corrected chi connectivity index (χ0v) is 13.8. The first-order valence-electron chi connectivity index (χ1n) is 7.81. The van der Waals surface area contributed by atoms with E-state index in [1.165, 1.54) is 6.33 Å². The third-order valence-electron chi connectivity index (χ3n) is 3.41. The van der Waals surface area contributed by atoms with Crippen molar-refractivity contribution in [1.29, 1.82) is 0 Å². The van der Waals surface area contributed by atoms with Crippen LogP contribution in [0.5, 0.6) is 0 Å². The Morgan fingerprint density at radius 1 is 1.39 bits per heavy atom. The Bertz CT molecular complexity index is 622. The van der Waals surface area contributed by atoms with Gasteiger partial charge in [0.2, 0.25) is 5.89 Å². The fraction of sp³-hybridized carbons (Fsp3) is 0.643. The fourth-order valence-electron chi connectivity index (χ4n) is 2.11. The van der Waals surface area contributed by atoms with Crippen molar-refractivity contribution < 1.29 is 9.32 Å². The molecule has 0 saturated heterocycles. The molecule has 0 radical (unpaired) electrons. The van der Waals surface area contributed by atoms with Crippen LogP contribution >= 0.6 is 0 Å². The Balaban J connectivity index is 1.81. The van der Waals surface area contributed by atoms with Crippen molar-refractivity contribution in [3.8, 4) is 0 Å². The van der Waals surface area contributed by atoms with Crippen LogP contribution in [-0.4, -0.2) is 48.9 Å². The third kappa shape index (κ3) is 4.76. The van der Waals surface area contributed by atoms with E-state index in [4.69, 9.17) is 4.52 Å². The van der Waals surface area contributed by atoms with E-state index < -0.39 is 0 Å². The summed E-state index contributed by atoms with van der Waals surface area (Å²) < 4.78 is 6.83. The molecule has 0 atom stereocenters. The molecule has 2 aromatic rings. The molecule has 0 aliphatic heterocycles. The van der Waals surface area contributed by atoms with Crippen molar-refractivity contribution >= 4 is 6.03 Å². The van der Waals surface area contributed by atoms with Crippen molar-refractivity contribution in [2.75, 3.05) is 13.1 Å². The van der Waals surface area contributed by atoms with Crippen LogP contribution in [-0.2, 0) is 26.4 Å². The number of amides is 2. The van der Waals surface area contributed by atoms with E-state index >= 15 is 0 Å². The van der Waals surface area contributed by atoms with Crippen molar-refractivity contribution in [1.82, 2.24) is 35.1 Å². The number of aromatic nitrogens is 5. The van der Waals surface area contributed by atoms with E-state index in [-0.39, 0.29) is 6.03 Å². The van der Waals surface area contributed by atoms with Crippen LogP contribution in [0.1, 0.15) is 37.8 Å². The largest absolute Gasteiger partial charge is 0.339 e. The smallest absolute Gasteiger partial charge is 0.317 e. The van der Waals surface area contributed by atoms with Crippen LogP contribution < -0.4 is 5.32 Å². The average molecular weight is 321 g/mol. The van der Waals surface area contributed by atoms with Crippen molar-refractivity contribution in [3.05, 3.63) is 23.9 Å². The van der Waals surface area contributed by atoms with Gasteiger partial charge in [-0.1, -0.05) is 12.1 Å². The van der Waals surface area contributed by atoms with E-state index in [0.717, 1.165) is 18.7 Å². The normalized spacial score (nSPS) is 10.7. The van der Waals surface area contributed by atoms with Gasteiger partial charge in [-0.2, -0.15) is 10.1 Å². The summed E-state index contributed by atoms with van der Waals surface area (Å²) in [5.74, 6) is 1.97. The molecule has 2 heterocycles. The summed E-state index contributed by atoms with van der Waals surface area (Å²) in [5, 5.41) is 10.8. The van der Waals surface area contributed by atoms with Crippen LogP contribution in [0.4, 0.5) is 4.79 Å². The molecule has 0 spiro atoms. The minimum absolute atomic E-state index is 0.156. The molecule has 0 aliphatic carbocycles. The summed E-state index contributed by atoms with van der Waals surface area (Å²) >= 11 is 0. The molecule has 9 heteroatoms. The quantitative estimate of drug-likeness (QED) is 0.776. The predicted molar refractivity (Wildman–Crippen MR) is 82.5 cm³/mol. The number of rotatable bonds is 8. The number of aryl methyl sites for hydroxylation is 2. The Morgan fingerprint density at radius 3 is 2.87 bits per heavy atom. The molecule has 0 bridgehead atoms. The van der Waals surface area contributed by atoms with Gasteiger partial charge in [-0.3, -0.25) is 4.68 Å². The molecular formula is C14H23N7O2. The molecular weight excluding hydrogens is 298 g/mol. The average Bonchev–Trinajstić information content (AvgIpc) is 3.14. The van der Waals surface area contributed by atoms with E-state index in [9.17, 15) is 4.79 Å². The van der Waals surface area contributed by atoms with Crippen LogP contribution in [0, 0.1) is 0 Å². The lowest BCUT2D eigenvalue weighted by Gasteiger charge is -2.19. The highest BCUT2D eigenvalue weighted by molar-refractivity contribution is 5.74. The highest BCUT2D eigenvalue weighted by Crippen LogP contribution is 2.04. The van der Waals surface area contributed by atoms with E-state index in [1.807, 2.05) is 20.9 Å². The minimum Gasteiger partial charge on any atom is -0.339 e. The van der Waals surface area contributed by atoms with Gasteiger partial charge in [0.25, 0.3) is 0 Å². The lowest BCUT2D eigenvalue weighted by atomic mass is 10.3. The van der Waals surface area contributed by atoms with Gasteiger partial charge in [0.15, 0.2) is 5.82 Å².